The van der Waals surface area contributed by atoms with E-state index >= 15 is 0 Å². The maximum absolute atomic E-state index is 12.0. The molecule has 120 valence electrons. The Morgan fingerprint density at radius 1 is 1.23 bits per heavy atom. The Morgan fingerprint density at radius 2 is 1.91 bits per heavy atom. The van der Waals surface area contributed by atoms with Crippen LogP contribution in [0.3, 0.4) is 0 Å². The van der Waals surface area contributed by atoms with Gasteiger partial charge in [0.2, 0.25) is 0 Å². The second-order valence-corrected chi connectivity index (χ2v) is 6.17. The van der Waals surface area contributed by atoms with Gasteiger partial charge in [-0.1, -0.05) is 42.5 Å². The van der Waals surface area contributed by atoms with E-state index in [9.17, 15) is 9.59 Å². The Balaban J connectivity index is 1.88. The van der Waals surface area contributed by atoms with Gasteiger partial charge in [0, 0.05) is 11.1 Å². The molecule has 7 heteroatoms. The van der Waals surface area contributed by atoms with Crippen molar-refractivity contribution in [1.29, 1.82) is 0 Å². The third kappa shape index (κ3) is 4.52. The molecule has 1 fully saturated rings. The predicted octanol–water partition coefficient (Wildman–Crippen LogP) is 3.18. The highest BCUT2D eigenvalue weighted by molar-refractivity contribution is 6.37. The van der Waals surface area contributed by atoms with Gasteiger partial charge in [0.25, 0.3) is 5.91 Å². The van der Waals surface area contributed by atoms with Gasteiger partial charge in [-0.3, -0.25) is 4.79 Å². The number of esters is 1. The normalized spacial score (nSPS) is 15.4. The Morgan fingerprint density at radius 3 is 2.59 bits per heavy atom. The third-order valence-corrected chi connectivity index (χ3v) is 4.15. The number of nitrogens with two attached hydrogens (primary N) is 1. The van der Waals surface area contributed by atoms with Gasteiger partial charge in [-0.25, -0.2) is 4.79 Å². The highest BCUT2D eigenvalue weighted by Crippen LogP contribution is 2.28. The number of rotatable bonds is 4. The number of nitrogens with one attached hydrogen (secondary N) is 1. The quantitative estimate of drug-likeness (QED) is 0.649. The number of nitrogen functional groups attached to an aromatic ring is 1. The van der Waals surface area contributed by atoms with E-state index in [0.717, 1.165) is 25.7 Å². The van der Waals surface area contributed by atoms with Crippen molar-refractivity contribution in [3.05, 3.63) is 27.7 Å². The van der Waals surface area contributed by atoms with Crippen molar-refractivity contribution >= 4 is 40.8 Å². The summed E-state index contributed by atoms with van der Waals surface area (Å²) in [5.74, 6) is -1.03. The van der Waals surface area contributed by atoms with Gasteiger partial charge in [-0.05, 0) is 25.0 Å². The van der Waals surface area contributed by atoms with Crippen LogP contribution in [-0.4, -0.2) is 24.5 Å². The summed E-state index contributed by atoms with van der Waals surface area (Å²) in [6.07, 6.45) is 5.37. The minimum absolute atomic E-state index is 0.0583. The van der Waals surface area contributed by atoms with Gasteiger partial charge >= 0.3 is 5.97 Å². The molecule has 0 radical (unpaired) electrons. The fraction of sp³-hybridized carbons (Fsp3) is 0.467. The van der Waals surface area contributed by atoms with Crippen LogP contribution in [0.2, 0.25) is 10.0 Å². The van der Waals surface area contributed by atoms with E-state index in [1.165, 1.54) is 18.6 Å². The largest absolute Gasteiger partial charge is 0.452 e. The molecule has 1 aliphatic rings. The molecule has 0 unspecified atom stereocenters. The summed E-state index contributed by atoms with van der Waals surface area (Å²) in [4.78, 5) is 23.8. The second-order valence-electron chi connectivity index (χ2n) is 5.33. The van der Waals surface area contributed by atoms with Crippen LogP contribution in [0.15, 0.2) is 12.1 Å². The van der Waals surface area contributed by atoms with Gasteiger partial charge in [0.05, 0.1) is 16.3 Å². The van der Waals surface area contributed by atoms with E-state index in [1.54, 1.807) is 0 Å². The van der Waals surface area contributed by atoms with E-state index in [0.29, 0.717) is 0 Å². The molecule has 22 heavy (non-hydrogen) atoms. The van der Waals surface area contributed by atoms with E-state index in [4.69, 9.17) is 33.7 Å². The summed E-state index contributed by atoms with van der Waals surface area (Å²) in [6, 6.07) is 2.97. The van der Waals surface area contributed by atoms with E-state index in [-0.39, 0.29) is 39.9 Å². The molecule has 1 amide bonds. The van der Waals surface area contributed by atoms with E-state index < -0.39 is 5.97 Å². The molecule has 0 atom stereocenters. The van der Waals surface area contributed by atoms with Crippen LogP contribution in [0.25, 0.3) is 0 Å². The van der Waals surface area contributed by atoms with Crippen molar-refractivity contribution in [2.75, 3.05) is 12.3 Å². The molecular formula is C15H18Cl2N2O3. The van der Waals surface area contributed by atoms with Gasteiger partial charge < -0.3 is 15.8 Å². The number of benzene rings is 1. The van der Waals surface area contributed by atoms with Gasteiger partial charge in [0.1, 0.15) is 0 Å². The highest BCUT2D eigenvalue weighted by Gasteiger charge is 2.19. The molecule has 2 rings (SSSR count). The zero-order valence-corrected chi connectivity index (χ0v) is 13.5. The fourth-order valence-electron chi connectivity index (χ4n) is 2.48. The van der Waals surface area contributed by atoms with Gasteiger partial charge in [-0.2, -0.15) is 0 Å². The summed E-state index contributed by atoms with van der Waals surface area (Å²) in [6.45, 7) is -0.348. The first-order valence-electron chi connectivity index (χ1n) is 7.18. The zero-order chi connectivity index (χ0) is 16.1. The van der Waals surface area contributed by atoms with Crippen LogP contribution < -0.4 is 11.1 Å². The van der Waals surface area contributed by atoms with Crippen LogP contribution >= 0.6 is 23.2 Å². The highest BCUT2D eigenvalue weighted by atomic mass is 35.5. The first-order valence-corrected chi connectivity index (χ1v) is 7.94. The van der Waals surface area contributed by atoms with Crippen molar-refractivity contribution in [2.24, 2.45) is 0 Å². The number of amides is 1. The summed E-state index contributed by atoms with van der Waals surface area (Å²) in [5.41, 5.74) is 5.86. The minimum atomic E-state index is -0.722. The van der Waals surface area contributed by atoms with Crippen molar-refractivity contribution in [1.82, 2.24) is 5.32 Å². The molecule has 1 aromatic rings. The third-order valence-electron chi connectivity index (χ3n) is 3.62. The Bertz CT molecular complexity index is 572. The molecular weight excluding hydrogens is 327 g/mol. The van der Waals surface area contributed by atoms with Gasteiger partial charge in [0.15, 0.2) is 6.61 Å². The van der Waals surface area contributed by atoms with Crippen LogP contribution in [0, 0.1) is 0 Å². The summed E-state index contributed by atoms with van der Waals surface area (Å²) >= 11 is 11.7. The van der Waals surface area contributed by atoms with Crippen molar-refractivity contribution in [2.45, 2.75) is 38.1 Å². The first-order chi connectivity index (χ1) is 10.5. The lowest BCUT2D eigenvalue weighted by Gasteiger charge is -2.22. The summed E-state index contributed by atoms with van der Waals surface area (Å²) < 4.78 is 4.97. The number of ether oxygens (including phenoxy) is 1. The molecule has 1 aliphatic carbocycles. The second kappa shape index (κ2) is 7.70. The fourth-order valence-corrected chi connectivity index (χ4v) is 2.97. The number of hydrogen-bond donors (Lipinski definition) is 2. The monoisotopic (exact) mass is 344 g/mol. The average molecular weight is 345 g/mol. The molecule has 0 aliphatic heterocycles. The molecule has 1 saturated carbocycles. The SMILES string of the molecule is Nc1c(Cl)cc(Cl)cc1C(=O)OCC(=O)NC1CCCCC1. The number of carbonyl (C=O) groups is 2. The number of halogens is 2. The van der Waals surface area contributed by atoms with Crippen LogP contribution in [0.5, 0.6) is 0 Å². The first kappa shape index (κ1) is 16.9. The molecule has 0 bridgehead atoms. The maximum Gasteiger partial charge on any atom is 0.340 e. The maximum atomic E-state index is 12.0. The van der Waals surface area contributed by atoms with Crippen molar-refractivity contribution < 1.29 is 14.3 Å². The molecule has 5 nitrogen and oxygen atoms in total. The molecule has 3 N–H and O–H groups in total. The molecule has 0 saturated heterocycles. The summed E-state index contributed by atoms with van der Waals surface area (Å²) in [7, 11) is 0. The van der Waals surface area contributed by atoms with Crippen LogP contribution in [-0.2, 0) is 9.53 Å². The zero-order valence-electron chi connectivity index (χ0n) is 12.0. The Labute approximate surface area is 139 Å². The predicted molar refractivity (Wildman–Crippen MR) is 86.2 cm³/mol. The van der Waals surface area contributed by atoms with Gasteiger partial charge in [-0.15, -0.1) is 0 Å². The lowest BCUT2D eigenvalue weighted by Crippen LogP contribution is -2.38. The lowest BCUT2D eigenvalue weighted by atomic mass is 9.95. The van der Waals surface area contributed by atoms with E-state index in [1.807, 2.05) is 0 Å². The molecule has 0 aromatic heterocycles. The minimum Gasteiger partial charge on any atom is -0.452 e. The number of carbonyl (C=O) groups excluding carboxylic acids is 2. The smallest absolute Gasteiger partial charge is 0.340 e. The van der Waals surface area contributed by atoms with Crippen LogP contribution in [0.1, 0.15) is 42.5 Å². The Kier molecular flexibility index (Phi) is 5.91. The molecule has 0 spiro atoms. The lowest BCUT2D eigenvalue weighted by molar-refractivity contribution is -0.125. The Hall–Kier alpha value is -1.46. The molecule has 0 heterocycles. The molecule has 1 aromatic carbocycles. The summed E-state index contributed by atoms with van der Waals surface area (Å²) in [5, 5.41) is 3.31. The van der Waals surface area contributed by atoms with E-state index in [2.05, 4.69) is 5.32 Å². The van der Waals surface area contributed by atoms with Crippen LogP contribution in [0.4, 0.5) is 5.69 Å². The number of hydrogen-bond acceptors (Lipinski definition) is 4. The average Bonchev–Trinajstić information content (AvgIpc) is 2.49. The standard InChI is InChI=1S/C15H18Cl2N2O3/c16-9-6-11(14(18)12(17)7-9)15(21)22-8-13(20)19-10-4-2-1-3-5-10/h6-7,10H,1-5,8,18H2,(H,19,20). The van der Waals surface area contributed by atoms with Crippen molar-refractivity contribution in [3.8, 4) is 0 Å². The van der Waals surface area contributed by atoms with Crippen molar-refractivity contribution in [3.63, 3.8) is 0 Å². The topological polar surface area (TPSA) is 81.4 Å². The number of anilines is 1.